The van der Waals surface area contributed by atoms with Crippen LogP contribution < -0.4 is 10.6 Å². The summed E-state index contributed by atoms with van der Waals surface area (Å²) >= 11 is 13.2. The number of hydrogen-bond donors (Lipinski definition) is 2. The van der Waals surface area contributed by atoms with Crippen LogP contribution in [0.1, 0.15) is 6.42 Å². The number of ether oxygens (including phenoxy) is 1. The first-order valence-corrected chi connectivity index (χ1v) is 10.2. The lowest BCUT2D eigenvalue weighted by Crippen LogP contribution is -2.52. The maximum Gasteiger partial charge on any atom is 0.312 e. The summed E-state index contributed by atoms with van der Waals surface area (Å²) in [6, 6.07) is 4.31. The van der Waals surface area contributed by atoms with Gasteiger partial charge in [-0.25, -0.2) is 0 Å². The number of hydrogen-bond acceptors (Lipinski definition) is 5. The van der Waals surface area contributed by atoms with E-state index in [0.29, 0.717) is 27.9 Å². The van der Waals surface area contributed by atoms with Gasteiger partial charge in [-0.3, -0.25) is 14.4 Å². The molecule has 0 radical (unpaired) electrons. The fraction of sp³-hybridized carbons (Fsp3) is 0.316. The van der Waals surface area contributed by atoms with Gasteiger partial charge in [-0.05, 0) is 24.6 Å². The zero-order valence-corrected chi connectivity index (χ0v) is 17.2. The number of carbonyl (C=O) groups excluding carboxylic acids is 3. The Morgan fingerprint density at radius 3 is 2.46 bits per heavy atom. The molecule has 2 N–H and O–H groups in total. The molecule has 0 bridgehead atoms. The summed E-state index contributed by atoms with van der Waals surface area (Å²) in [6.45, 7) is 0. The largest absolute Gasteiger partial charge is 0.469 e. The van der Waals surface area contributed by atoms with Crippen LogP contribution in [0.25, 0.3) is 0 Å². The molecule has 0 spiro atoms. The molecule has 1 aliphatic heterocycles. The number of rotatable bonds is 5. The summed E-state index contributed by atoms with van der Waals surface area (Å²) in [5.74, 6) is -1.16. The fourth-order valence-electron chi connectivity index (χ4n) is 3.09. The van der Waals surface area contributed by atoms with Crippen molar-refractivity contribution in [1.29, 1.82) is 0 Å². The van der Waals surface area contributed by atoms with Gasteiger partial charge in [0.25, 0.3) is 5.91 Å². The van der Waals surface area contributed by atoms with E-state index in [2.05, 4.69) is 10.6 Å². The van der Waals surface area contributed by atoms with Gasteiger partial charge in [0.1, 0.15) is 0 Å². The number of halogens is 2. The van der Waals surface area contributed by atoms with Crippen LogP contribution in [0.3, 0.4) is 0 Å². The van der Waals surface area contributed by atoms with Crippen molar-refractivity contribution < 1.29 is 19.1 Å². The number of anilines is 1. The molecule has 0 saturated heterocycles. The highest BCUT2D eigenvalue weighted by Crippen LogP contribution is 2.35. The smallest absolute Gasteiger partial charge is 0.312 e. The van der Waals surface area contributed by atoms with E-state index in [1.54, 1.807) is 42.5 Å². The highest BCUT2D eigenvalue weighted by atomic mass is 35.5. The minimum Gasteiger partial charge on any atom is -0.469 e. The average molecular weight is 441 g/mol. The summed E-state index contributed by atoms with van der Waals surface area (Å²) < 4.78 is 3.32. The topological polar surface area (TPSA) is 84.5 Å². The first kappa shape index (κ1) is 20.8. The third-order valence-corrected chi connectivity index (χ3v) is 6.22. The van der Waals surface area contributed by atoms with E-state index in [-0.39, 0.29) is 12.0 Å². The first-order chi connectivity index (χ1) is 13.3. The Labute approximate surface area is 176 Å². The predicted octanol–water partition coefficient (Wildman–Crippen LogP) is 3.21. The Morgan fingerprint density at radius 2 is 1.86 bits per heavy atom. The van der Waals surface area contributed by atoms with Gasteiger partial charge in [0.15, 0.2) is 4.75 Å². The van der Waals surface area contributed by atoms with E-state index in [1.165, 1.54) is 18.9 Å². The average Bonchev–Trinajstić information content (AvgIpc) is 3.30. The molecular formula is C19H18Cl2N2O4S. The van der Waals surface area contributed by atoms with Gasteiger partial charge in [0.2, 0.25) is 5.91 Å². The maximum absolute atomic E-state index is 13.0. The lowest BCUT2D eigenvalue weighted by Gasteiger charge is -2.26. The molecule has 148 valence electrons. The molecule has 1 aromatic carbocycles. The number of esters is 1. The van der Waals surface area contributed by atoms with Crippen LogP contribution in [0, 0.1) is 5.92 Å². The second-order valence-electron chi connectivity index (χ2n) is 6.39. The van der Waals surface area contributed by atoms with Crippen molar-refractivity contribution in [3.05, 3.63) is 52.5 Å². The van der Waals surface area contributed by atoms with Crippen molar-refractivity contribution in [2.45, 2.75) is 17.2 Å². The van der Waals surface area contributed by atoms with Crippen LogP contribution in [0.4, 0.5) is 5.69 Å². The molecule has 3 atom stereocenters. The van der Waals surface area contributed by atoms with Crippen molar-refractivity contribution in [3.63, 3.8) is 0 Å². The maximum atomic E-state index is 13.0. The van der Waals surface area contributed by atoms with Crippen molar-refractivity contribution in [2.24, 2.45) is 5.92 Å². The quantitative estimate of drug-likeness (QED) is 0.417. The van der Waals surface area contributed by atoms with Gasteiger partial charge in [-0.1, -0.05) is 47.5 Å². The highest BCUT2D eigenvalue weighted by Gasteiger charge is 2.47. The van der Waals surface area contributed by atoms with Crippen LogP contribution in [-0.4, -0.2) is 41.4 Å². The number of thioether (sulfide) groups is 1. The summed E-state index contributed by atoms with van der Waals surface area (Å²) in [4.78, 5) is 37.6. The summed E-state index contributed by atoms with van der Waals surface area (Å²) in [5, 5.41) is 6.31. The fourth-order valence-corrected chi connectivity index (χ4v) is 4.63. The van der Waals surface area contributed by atoms with Gasteiger partial charge < -0.3 is 15.4 Å². The van der Waals surface area contributed by atoms with Crippen LogP contribution in [0.5, 0.6) is 0 Å². The Bertz CT molecular complexity index is 853. The second-order valence-corrected chi connectivity index (χ2v) is 8.53. The third-order valence-electron chi connectivity index (χ3n) is 4.46. The number of carbonyl (C=O) groups is 3. The molecule has 0 fully saturated rings. The lowest BCUT2D eigenvalue weighted by atomic mass is 10.0. The molecular weight excluding hydrogens is 423 g/mol. The monoisotopic (exact) mass is 440 g/mol. The Balaban J connectivity index is 1.72. The molecule has 0 aromatic heterocycles. The molecule has 2 aliphatic rings. The Hall–Kier alpha value is -1.96. The van der Waals surface area contributed by atoms with Gasteiger partial charge in [-0.15, -0.1) is 11.8 Å². The molecule has 1 aliphatic carbocycles. The number of nitrogens with one attached hydrogen (secondary N) is 2. The molecule has 9 heteroatoms. The normalized spacial score (nSPS) is 25.5. The van der Waals surface area contributed by atoms with Crippen LogP contribution in [0.15, 0.2) is 42.5 Å². The third kappa shape index (κ3) is 4.37. The molecule has 2 amide bonds. The van der Waals surface area contributed by atoms with Gasteiger partial charge in [0.05, 0.1) is 13.0 Å². The number of benzene rings is 1. The van der Waals surface area contributed by atoms with E-state index in [4.69, 9.17) is 27.9 Å². The summed E-state index contributed by atoms with van der Waals surface area (Å²) in [5.41, 5.74) is 0.405. The van der Waals surface area contributed by atoms with E-state index in [0.717, 1.165) is 0 Å². The molecule has 1 unspecified atom stereocenters. The lowest BCUT2D eigenvalue weighted by molar-refractivity contribution is -0.144. The Morgan fingerprint density at radius 1 is 1.14 bits per heavy atom. The van der Waals surface area contributed by atoms with E-state index < -0.39 is 22.5 Å². The summed E-state index contributed by atoms with van der Waals surface area (Å²) in [6.07, 6.45) is 7.20. The van der Waals surface area contributed by atoms with Crippen molar-refractivity contribution >= 4 is 58.4 Å². The van der Waals surface area contributed by atoms with Crippen molar-refractivity contribution in [3.8, 4) is 0 Å². The van der Waals surface area contributed by atoms with Crippen molar-refractivity contribution in [1.82, 2.24) is 5.32 Å². The molecule has 6 nitrogen and oxygen atoms in total. The standard InChI is InChI=1S/C19H18Cl2N2O4S/c1-27-16(24)11-3-4-14(7-11)22-17(25)19(5-2-6-28-19)18(26)23-15-9-12(20)8-13(21)10-15/h2-5,8-11,14H,6-7H2,1H3,(H,22,25)(H,23,26)/t11-,14+,19?/m1/s1. The predicted molar refractivity (Wildman–Crippen MR) is 111 cm³/mol. The molecule has 3 rings (SSSR count). The summed E-state index contributed by atoms with van der Waals surface area (Å²) in [7, 11) is 1.32. The van der Waals surface area contributed by atoms with Gasteiger partial charge >= 0.3 is 5.97 Å². The van der Waals surface area contributed by atoms with Crippen LogP contribution >= 0.6 is 35.0 Å². The molecule has 1 aromatic rings. The zero-order valence-electron chi connectivity index (χ0n) is 14.9. The SMILES string of the molecule is COC(=O)[C@@H]1C=C[C@H](NC(=O)C2(C(=O)Nc3cc(Cl)cc(Cl)c3)C=CCS2)C1. The Kier molecular flexibility index (Phi) is 6.37. The minimum atomic E-state index is -1.41. The van der Waals surface area contributed by atoms with E-state index in [1.807, 2.05) is 0 Å². The minimum absolute atomic E-state index is 0.350. The zero-order chi connectivity index (χ0) is 20.3. The van der Waals surface area contributed by atoms with E-state index in [9.17, 15) is 14.4 Å². The first-order valence-electron chi connectivity index (χ1n) is 8.50. The van der Waals surface area contributed by atoms with Crippen LogP contribution in [-0.2, 0) is 19.1 Å². The molecule has 1 heterocycles. The van der Waals surface area contributed by atoms with Gasteiger partial charge in [0, 0.05) is 27.5 Å². The van der Waals surface area contributed by atoms with E-state index >= 15 is 0 Å². The second kappa shape index (κ2) is 8.59. The number of amides is 2. The van der Waals surface area contributed by atoms with Crippen molar-refractivity contribution in [2.75, 3.05) is 18.2 Å². The van der Waals surface area contributed by atoms with Gasteiger partial charge in [-0.2, -0.15) is 0 Å². The van der Waals surface area contributed by atoms with Crippen LogP contribution in [0.2, 0.25) is 10.0 Å². The molecule has 0 saturated carbocycles. The number of methoxy groups -OCH3 is 1. The highest BCUT2D eigenvalue weighted by molar-refractivity contribution is 8.02. The molecule has 28 heavy (non-hydrogen) atoms.